The van der Waals surface area contributed by atoms with Gasteiger partial charge in [-0.25, -0.2) is 4.39 Å². The Morgan fingerprint density at radius 3 is 2.90 bits per heavy atom. The van der Waals surface area contributed by atoms with Crippen molar-refractivity contribution in [2.24, 2.45) is 5.92 Å². The topological polar surface area (TPSA) is 40.5 Å². The smallest absolute Gasteiger partial charge is 0.303 e. The maximum absolute atomic E-state index is 13.3. The van der Waals surface area contributed by atoms with E-state index in [0.29, 0.717) is 12.3 Å². The predicted molar refractivity (Wildman–Crippen MR) is 78.6 cm³/mol. The molecular formula is C15H21ClFNO2. The van der Waals surface area contributed by atoms with Crippen LogP contribution in [0.4, 0.5) is 4.39 Å². The Bertz CT molecular complexity index is 455. The van der Waals surface area contributed by atoms with Crippen LogP contribution in [0.1, 0.15) is 37.8 Å². The SMILES string of the molecule is CC1CCN(CCCC(=O)O)C1c1cccc(F)c1.Cl. The zero-order valence-corrected chi connectivity index (χ0v) is 12.4. The van der Waals surface area contributed by atoms with Crippen molar-refractivity contribution in [3.05, 3.63) is 35.6 Å². The lowest BCUT2D eigenvalue weighted by molar-refractivity contribution is -0.137. The Hall–Kier alpha value is -1.13. The van der Waals surface area contributed by atoms with Crippen LogP contribution >= 0.6 is 12.4 Å². The summed E-state index contributed by atoms with van der Waals surface area (Å²) in [6.07, 6.45) is 1.92. The Balaban J connectivity index is 0.00000200. The zero-order valence-electron chi connectivity index (χ0n) is 11.6. The number of halogens is 2. The molecule has 3 nitrogen and oxygen atoms in total. The molecule has 5 heteroatoms. The summed E-state index contributed by atoms with van der Waals surface area (Å²) < 4.78 is 13.3. The third kappa shape index (κ3) is 4.18. The highest BCUT2D eigenvalue weighted by Gasteiger charge is 2.32. The molecule has 1 aliphatic rings. The third-order valence-electron chi connectivity index (χ3n) is 3.83. The summed E-state index contributed by atoms with van der Waals surface area (Å²) in [6, 6.07) is 6.96. The second-order valence-corrected chi connectivity index (χ2v) is 5.30. The summed E-state index contributed by atoms with van der Waals surface area (Å²) in [4.78, 5) is 12.8. The van der Waals surface area contributed by atoms with Gasteiger partial charge in [0.2, 0.25) is 0 Å². The highest BCUT2D eigenvalue weighted by atomic mass is 35.5. The van der Waals surface area contributed by atoms with E-state index in [9.17, 15) is 9.18 Å². The van der Waals surface area contributed by atoms with E-state index < -0.39 is 5.97 Å². The fourth-order valence-electron chi connectivity index (χ4n) is 2.94. The molecule has 0 saturated carbocycles. The van der Waals surface area contributed by atoms with Crippen LogP contribution in [0, 0.1) is 11.7 Å². The number of carboxylic acid groups (broad SMARTS) is 1. The molecule has 0 aliphatic carbocycles. The first-order chi connectivity index (χ1) is 9.08. The van der Waals surface area contributed by atoms with E-state index in [1.165, 1.54) is 6.07 Å². The number of benzene rings is 1. The fourth-order valence-corrected chi connectivity index (χ4v) is 2.94. The molecule has 2 rings (SSSR count). The monoisotopic (exact) mass is 301 g/mol. The normalized spacial score (nSPS) is 22.5. The second-order valence-electron chi connectivity index (χ2n) is 5.30. The van der Waals surface area contributed by atoms with E-state index in [4.69, 9.17) is 5.11 Å². The van der Waals surface area contributed by atoms with E-state index >= 15 is 0 Å². The van der Waals surface area contributed by atoms with Crippen molar-refractivity contribution in [1.29, 1.82) is 0 Å². The largest absolute Gasteiger partial charge is 0.481 e. The van der Waals surface area contributed by atoms with E-state index in [1.54, 1.807) is 12.1 Å². The van der Waals surface area contributed by atoms with E-state index in [-0.39, 0.29) is 30.7 Å². The van der Waals surface area contributed by atoms with Crippen LogP contribution < -0.4 is 0 Å². The summed E-state index contributed by atoms with van der Waals surface area (Å²) >= 11 is 0. The van der Waals surface area contributed by atoms with Gasteiger partial charge in [0.1, 0.15) is 5.82 Å². The number of carboxylic acids is 1. The number of nitrogens with zero attached hydrogens (tertiary/aromatic N) is 1. The molecule has 1 N–H and O–H groups in total. The molecule has 20 heavy (non-hydrogen) atoms. The van der Waals surface area contributed by atoms with Gasteiger partial charge in [0.15, 0.2) is 0 Å². The number of carbonyl (C=O) groups is 1. The first-order valence-electron chi connectivity index (χ1n) is 6.79. The average molecular weight is 302 g/mol. The van der Waals surface area contributed by atoms with Gasteiger partial charge < -0.3 is 5.11 Å². The van der Waals surface area contributed by atoms with Gasteiger partial charge in [0.05, 0.1) is 0 Å². The maximum Gasteiger partial charge on any atom is 0.303 e. The summed E-state index contributed by atoms with van der Waals surface area (Å²) in [5.74, 6) is -0.483. The molecule has 1 heterocycles. The van der Waals surface area contributed by atoms with Crippen molar-refractivity contribution < 1.29 is 14.3 Å². The van der Waals surface area contributed by atoms with Crippen LogP contribution in [-0.4, -0.2) is 29.1 Å². The predicted octanol–water partition coefficient (Wildman–Crippen LogP) is 3.50. The van der Waals surface area contributed by atoms with Crippen molar-refractivity contribution in [1.82, 2.24) is 4.90 Å². The number of likely N-dealkylation sites (tertiary alicyclic amines) is 1. The molecule has 0 radical (unpaired) electrons. The quantitative estimate of drug-likeness (QED) is 0.905. The minimum Gasteiger partial charge on any atom is -0.481 e. The number of aliphatic carboxylic acids is 1. The molecular weight excluding hydrogens is 281 g/mol. The minimum atomic E-state index is -0.755. The third-order valence-corrected chi connectivity index (χ3v) is 3.83. The molecule has 1 aromatic rings. The minimum absolute atomic E-state index is 0. The molecule has 0 aromatic heterocycles. The van der Waals surface area contributed by atoms with E-state index in [1.807, 2.05) is 6.07 Å². The number of rotatable bonds is 5. The van der Waals surface area contributed by atoms with Crippen LogP contribution in [0.25, 0.3) is 0 Å². The Morgan fingerprint density at radius 2 is 2.25 bits per heavy atom. The first kappa shape index (κ1) is 16.9. The summed E-state index contributed by atoms with van der Waals surface area (Å²) in [5.41, 5.74) is 1.00. The zero-order chi connectivity index (χ0) is 13.8. The van der Waals surface area contributed by atoms with Crippen LogP contribution in [-0.2, 0) is 4.79 Å². The molecule has 0 spiro atoms. The van der Waals surface area contributed by atoms with Crippen molar-refractivity contribution in [2.75, 3.05) is 13.1 Å². The molecule has 0 bridgehead atoms. The number of hydrogen-bond acceptors (Lipinski definition) is 2. The lowest BCUT2D eigenvalue weighted by Crippen LogP contribution is -2.26. The highest BCUT2D eigenvalue weighted by molar-refractivity contribution is 5.85. The van der Waals surface area contributed by atoms with Gasteiger partial charge in [-0.3, -0.25) is 9.69 Å². The molecule has 2 unspecified atom stereocenters. The van der Waals surface area contributed by atoms with Crippen molar-refractivity contribution in [2.45, 2.75) is 32.2 Å². The first-order valence-corrected chi connectivity index (χ1v) is 6.79. The van der Waals surface area contributed by atoms with Crippen molar-refractivity contribution >= 4 is 18.4 Å². The molecule has 1 aliphatic heterocycles. The van der Waals surface area contributed by atoms with Crippen LogP contribution in [0.2, 0.25) is 0 Å². The molecule has 2 atom stereocenters. The van der Waals surface area contributed by atoms with Gasteiger partial charge in [0.25, 0.3) is 0 Å². The maximum atomic E-state index is 13.3. The van der Waals surface area contributed by atoms with Gasteiger partial charge in [-0.2, -0.15) is 0 Å². The van der Waals surface area contributed by atoms with Gasteiger partial charge in [-0.15, -0.1) is 12.4 Å². The summed E-state index contributed by atoms with van der Waals surface area (Å²) in [5, 5.41) is 8.69. The Labute approximate surface area is 125 Å². The average Bonchev–Trinajstić information content (AvgIpc) is 2.70. The number of hydrogen-bond donors (Lipinski definition) is 1. The summed E-state index contributed by atoms with van der Waals surface area (Å²) in [7, 11) is 0. The molecule has 1 saturated heterocycles. The van der Waals surface area contributed by atoms with E-state index in [2.05, 4.69) is 11.8 Å². The Kier molecular flexibility index (Phi) is 6.43. The highest BCUT2D eigenvalue weighted by Crippen LogP contribution is 2.37. The fraction of sp³-hybridized carbons (Fsp3) is 0.533. The molecule has 1 aromatic carbocycles. The van der Waals surface area contributed by atoms with Crippen molar-refractivity contribution in [3.8, 4) is 0 Å². The van der Waals surface area contributed by atoms with E-state index in [0.717, 1.165) is 25.1 Å². The van der Waals surface area contributed by atoms with Gasteiger partial charge in [-0.1, -0.05) is 19.1 Å². The lowest BCUT2D eigenvalue weighted by atomic mass is 9.95. The van der Waals surface area contributed by atoms with Crippen LogP contribution in [0.5, 0.6) is 0 Å². The second kappa shape index (κ2) is 7.60. The lowest BCUT2D eigenvalue weighted by Gasteiger charge is -2.27. The molecule has 0 amide bonds. The van der Waals surface area contributed by atoms with Crippen LogP contribution in [0.15, 0.2) is 24.3 Å². The standard InChI is InChI=1S/C15H20FNO2.ClH/c1-11-7-9-17(8-3-6-14(18)19)15(11)12-4-2-5-13(16)10-12;/h2,4-5,10-11,15H,3,6-9H2,1H3,(H,18,19);1H. The van der Waals surface area contributed by atoms with Gasteiger partial charge in [0, 0.05) is 12.5 Å². The Morgan fingerprint density at radius 1 is 1.50 bits per heavy atom. The van der Waals surface area contributed by atoms with Crippen LogP contribution in [0.3, 0.4) is 0 Å². The van der Waals surface area contributed by atoms with Crippen molar-refractivity contribution in [3.63, 3.8) is 0 Å². The molecule has 1 fully saturated rings. The van der Waals surface area contributed by atoms with Gasteiger partial charge in [-0.05, 0) is 49.5 Å². The summed E-state index contributed by atoms with van der Waals surface area (Å²) in [6.45, 7) is 3.90. The van der Waals surface area contributed by atoms with Gasteiger partial charge >= 0.3 is 5.97 Å². The molecule has 112 valence electrons.